The Balaban J connectivity index is 3.40. The second-order valence-electron chi connectivity index (χ2n) is 2.69. The number of aliphatic hydroxyl groups excluding tert-OH is 1. The topological polar surface area (TPSA) is 79.4 Å². The Hall–Kier alpha value is -1.29. The van der Waals surface area contributed by atoms with Gasteiger partial charge in [0, 0.05) is 11.1 Å². The first-order chi connectivity index (χ1) is 5.57. The van der Waals surface area contributed by atoms with Crippen molar-refractivity contribution < 1.29 is 10.2 Å². The van der Waals surface area contributed by atoms with Gasteiger partial charge in [0.2, 0.25) is 0 Å². The number of hydrogen-bond donors (Lipinski definition) is 3. The molecule has 0 aliphatic rings. The lowest BCUT2D eigenvalue weighted by Gasteiger charge is -2.09. The highest BCUT2D eigenvalue weighted by Crippen LogP contribution is 2.26. The lowest BCUT2D eigenvalue weighted by Crippen LogP contribution is -2.02. The number of aryl methyl sites for hydroxylation is 1. The van der Waals surface area contributed by atoms with Gasteiger partial charge in [-0.1, -0.05) is 0 Å². The Bertz CT molecular complexity index is 310. The maximum absolute atomic E-state index is 9.41. The number of nitrogens with zero attached hydrogens (tertiary/aromatic N) is 1. The third-order valence-electron chi connectivity index (χ3n) is 1.91. The highest BCUT2D eigenvalue weighted by molar-refractivity contribution is 5.51. The Morgan fingerprint density at radius 1 is 1.42 bits per heavy atom. The highest BCUT2D eigenvalue weighted by atomic mass is 16.3. The van der Waals surface area contributed by atoms with Gasteiger partial charge in [-0.05, 0) is 13.8 Å². The van der Waals surface area contributed by atoms with Crippen LogP contribution in [0.25, 0.3) is 0 Å². The zero-order valence-corrected chi connectivity index (χ0v) is 7.13. The predicted molar refractivity (Wildman–Crippen MR) is 45.7 cm³/mol. The third-order valence-corrected chi connectivity index (χ3v) is 1.91. The predicted octanol–water partition coefficient (Wildman–Crippen LogP) is 0.479. The van der Waals surface area contributed by atoms with E-state index in [1.165, 1.54) is 0 Å². The molecule has 1 heterocycles. The van der Waals surface area contributed by atoms with Crippen molar-refractivity contribution in [1.29, 1.82) is 0 Å². The van der Waals surface area contributed by atoms with Crippen LogP contribution in [-0.4, -0.2) is 15.2 Å². The first kappa shape index (κ1) is 8.80. The summed E-state index contributed by atoms with van der Waals surface area (Å²) in [5.74, 6) is 0.388. The molecule has 4 nitrogen and oxygen atoms in total. The molecule has 0 aromatic carbocycles. The smallest absolute Gasteiger partial charge is 0.140 e. The Morgan fingerprint density at radius 2 is 2.00 bits per heavy atom. The molecule has 66 valence electrons. The summed E-state index contributed by atoms with van der Waals surface area (Å²) < 4.78 is 0. The second kappa shape index (κ2) is 2.98. The van der Waals surface area contributed by atoms with Crippen LogP contribution < -0.4 is 5.73 Å². The summed E-state index contributed by atoms with van der Waals surface area (Å²) >= 11 is 0. The van der Waals surface area contributed by atoms with Gasteiger partial charge in [-0.2, -0.15) is 0 Å². The molecule has 0 saturated carbocycles. The molecule has 1 aromatic rings. The number of nitrogen functional groups attached to an aromatic ring is 1. The molecule has 0 atom stereocenters. The van der Waals surface area contributed by atoms with E-state index < -0.39 is 0 Å². The van der Waals surface area contributed by atoms with E-state index in [1.54, 1.807) is 13.8 Å². The summed E-state index contributed by atoms with van der Waals surface area (Å²) in [6, 6.07) is 0. The Kier molecular flexibility index (Phi) is 2.19. The van der Waals surface area contributed by atoms with Gasteiger partial charge in [0.25, 0.3) is 0 Å². The molecule has 0 aliphatic carbocycles. The number of hydrogen-bond acceptors (Lipinski definition) is 4. The first-order valence-corrected chi connectivity index (χ1v) is 3.63. The summed E-state index contributed by atoms with van der Waals surface area (Å²) in [7, 11) is 0. The lowest BCUT2D eigenvalue weighted by atomic mass is 10.1. The molecule has 0 bridgehead atoms. The highest BCUT2D eigenvalue weighted by Gasteiger charge is 2.10. The molecule has 4 heteroatoms. The van der Waals surface area contributed by atoms with Crippen molar-refractivity contribution in [1.82, 2.24) is 4.98 Å². The van der Waals surface area contributed by atoms with Crippen molar-refractivity contribution in [3.8, 4) is 5.75 Å². The zero-order valence-electron chi connectivity index (χ0n) is 7.13. The molecule has 12 heavy (non-hydrogen) atoms. The van der Waals surface area contributed by atoms with Crippen LogP contribution in [0.1, 0.15) is 16.8 Å². The maximum Gasteiger partial charge on any atom is 0.140 e. The Labute approximate surface area is 70.7 Å². The first-order valence-electron chi connectivity index (χ1n) is 3.63. The van der Waals surface area contributed by atoms with Crippen LogP contribution in [-0.2, 0) is 6.61 Å². The van der Waals surface area contributed by atoms with E-state index >= 15 is 0 Å². The molecule has 0 unspecified atom stereocenters. The summed E-state index contributed by atoms with van der Waals surface area (Å²) in [5.41, 5.74) is 7.11. The molecular formula is C8H12N2O2. The summed E-state index contributed by atoms with van der Waals surface area (Å²) in [6.45, 7) is 3.17. The zero-order chi connectivity index (χ0) is 9.30. The van der Waals surface area contributed by atoms with Crippen molar-refractivity contribution in [2.75, 3.05) is 5.73 Å². The molecule has 1 aromatic heterocycles. The average Bonchev–Trinajstić information content (AvgIpc) is 2.01. The normalized spacial score (nSPS) is 10.2. The molecular weight excluding hydrogens is 156 g/mol. The Morgan fingerprint density at radius 3 is 2.50 bits per heavy atom. The fraction of sp³-hybridized carbons (Fsp3) is 0.375. The van der Waals surface area contributed by atoms with Crippen LogP contribution in [0.2, 0.25) is 0 Å². The average molecular weight is 168 g/mol. The van der Waals surface area contributed by atoms with Crippen molar-refractivity contribution >= 4 is 5.82 Å². The number of aromatic hydroxyl groups is 1. The van der Waals surface area contributed by atoms with E-state index in [4.69, 9.17) is 10.8 Å². The molecule has 0 fully saturated rings. The van der Waals surface area contributed by atoms with Crippen LogP contribution in [0.15, 0.2) is 0 Å². The van der Waals surface area contributed by atoms with Crippen molar-refractivity contribution in [2.45, 2.75) is 20.5 Å². The lowest BCUT2D eigenvalue weighted by molar-refractivity contribution is 0.280. The van der Waals surface area contributed by atoms with E-state index in [0.717, 1.165) is 0 Å². The van der Waals surface area contributed by atoms with E-state index in [-0.39, 0.29) is 18.2 Å². The van der Waals surface area contributed by atoms with Gasteiger partial charge in [-0.15, -0.1) is 0 Å². The molecule has 0 saturated heterocycles. The largest absolute Gasteiger partial charge is 0.506 e. The van der Waals surface area contributed by atoms with Gasteiger partial charge in [-0.3, -0.25) is 0 Å². The van der Waals surface area contributed by atoms with E-state index in [9.17, 15) is 5.11 Å². The van der Waals surface area contributed by atoms with E-state index in [1.807, 2.05) is 0 Å². The van der Waals surface area contributed by atoms with Gasteiger partial charge in [0.15, 0.2) is 0 Å². The van der Waals surface area contributed by atoms with Crippen LogP contribution in [0.4, 0.5) is 5.82 Å². The molecule has 0 spiro atoms. The number of nitrogens with two attached hydrogens (primary N) is 1. The van der Waals surface area contributed by atoms with E-state index in [2.05, 4.69) is 4.98 Å². The maximum atomic E-state index is 9.41. The van der Waals surface area contributed by atoms with Crippen LogP contribution in [0, 0.1) is 13.8 Å². The number of aliphatic hydroxyl groups is 1. The minimum absolute atomic E-state index is 0.105. The van der Waals surface area contributed by atoms with Gasteiger partial charge in [-0.25, -0.2) is 4.98 Å². The van der Waals surface area contributed by atoms with Crippen molar-refractivity contribution in [3.05, 3.63) is 16.8 Å². The molecule has 0 radical (unpaired) electrons. The second-order valence-corrected chi connectivity index (χ2v) is 2.69. The molecule has 0 amide bonds. The summed E-state index contributed by atoms with van der Waals surface area (Å²) in [4.78, 5) is 3.87. The van der Waals surface area contributed by atoms with Crippen LogP contribution in [0.5, 0.6) is 5.75 Å². The third kappa shape index (κ3) is 1.21. The quantitative estimate of drug-likeness (QED) is 0.569. The van der Waals surface area contributed by atoms with E-state index in [0.29, 0.717) is 16.8 Å². The van der Waals surface area contributed by atoms with Crippen molar-refractivity contribution in [2.24, 2.45) is 0 Å². The number of pyridine rings is 1. The monoisotopic (exact) mass is 168 g/mol. The van der Waals surface area contributed by atoms with Gasteiger partial charge < -0.3 is 15.9 Å². The van der Waals surface area contributed by atoms with Crippen molar-refractivity contribution in [3.63, 3.8) is 0 Å². The van der Waals surface area contributed by atoms with Gasteiger partial charge >= 0.3 is 0 Å². The standard InChI is InChI=1S/C8H12N2O2/c1-4-6(3-11)8(9)10-5(2)7(4)12/h11-12H,3H2,1-2H3,(H2,9,10). The number of aromatic nitrogens is 1. The number of rotatable bonds is 1. The molecule has 0 aliphatic heterocycles. The minimum Gasteiger partial charge on any atom is -0.506 e. The molecule has 1 rings (SSSR count). The minimum atomic E-state index is -0.196. The number of anilines is 1. The molecule has 4 N–H and O–H groups in total. The fourth-order valence-corrected chi connectivity index (χ4v) is 1.11. The fourth-order valence-electron chi connectivity index (χ4n) is 1.11. The van der Waals surface area contributed by atoms with Crippen LogP contribution in [0.3, 0.4) is 0 Å². The van der Waals surface area contributed by atoms with Gasteiger partial charge in [0.05, 0.1) is 12.3 Å². The van der Waals surface area contributed by atoms with Crippen LogP contribution >= 0.6 is 0 Å². The van der Waals surface area contributed by atoms with Gasteiger partial charge in [0.1, 0.15) is 11.6 Å². The SMILES string of the molecule is Cc1nc(N)c(CO)c(C)c1O. The summed E-state index contributed by atoms with van der Waals surface area (Å²) in [6.07, 6.45) is 0. The summed E-state index contributed by atoms with van der Waals surface area (Å²) in [5, 5.41) is 18.3.